The third kappa shape index (κ3) is 3.22. The van der Waals surface area contributed by atoms with Crippen LogP contribution in [0.15, 0.2) is 24.3 Å². The molecule has 122 valence electrons. The second kappa shape index (κ2) is 6.08. The summed E-state index contributed by atoms with van der Waals surface area (Å²) in [6.45, 7) is 1.59. The summed E-state index contributed by atoms with van der Waals surface area (Å²) in [5, 5.41) is 6.11. The average Bonchev–Trinajstić information content (AvgIpc) is 3.11. The summed E-state index contributed by atoms with van der Waals surface area (Å²) in [4.78, 5) is 12.4. The zero-order chi connectivity index (χ0) is 15.1. The van der Waals surface area contributed by atoms with Crippen LogP contribution in [0.4, 0.5) is 13.2 Å². The van der Waals surface area contributed by atoms with E-state index in [0.717, 1.165) is 31.6 Å². The van der Waals surface area contributed by atoms with E-state index in [4.69, 9.17) is 0 Å². The number of alkyl halides is 3. The number of hydrogen-bond acceptors (Lipinski definition) is 2. The van der Waals surface area contributed by atoms with Crippen molar-refractivity contribution >= 4 is 18.3 Å². The highest BCUT2D eigenvalue weighted by Gasteiger charge is 2.52. The van der Waals surface area contributed by atoms with Gasteiger partial charge in [0.15, 0.2) is 0 Å². The van der Waals surface area contributed by atoms with Crippen LogP contribution in [0, 0.1) is 0 Å². The van der Waals surface area contributed by atoms with Gasteiger partial charge in [-0.3, -0.25) is 4.79 Å². The maximum atomic E-state index is 12.8. The number of carbonyl (C=O) groups excluding carboxylic acids is 1. The molecular formula is C15H18ClF3N2O. The molecule has 0 bridgehead atoms. The number of hydrogen-bond donors (Lipinski definition) is 2. The second-order valence-corrected chi connectivity index (χ2v) is 5.82. The lowest BCUT2D eigenvalue weighted by molar-refractivity contribution is -0.137. The molecule has 1 aromatic rings. The Hall–Kier alpha value is -1.27. The number of rotatable bonds is 3. The van der Waals surface area contributed by atoms with Gasteiger partial charge in [-0.25, -0.2) is 0 Å². The molecular weight excluding hydrogens is 317 g/mol. The Morgan fingerprint density at radius 1 is 1.32 bits per heavy atom. The lowest BCUT2D eigenvalue weighted by Crippen LogP contribution is -2.42. The minimum atomic E-state index is -4.38. The molecule has 0 aromatic heterocycles. The van der Waals surface area contributed by atoms with Crippen LogP contribution in [-0.4, -0.2) is 25.0 Å². The summed E-state index contributed by atoms with van der Waals surface area (Å²) < 4.78 is 38.4. The summed E-state index contributed by atoms with van der Waals surface area (Å²) in [5.41, 5.74) is -0.980. The Morgan fingerprint density at radius 3 is 2.59 bits per heavy atom. The smallest absolute Gasteiger partial charge is 0.351 e. The molecule has 1 heterocycles. The predicted octanol–water partition coefficient (Wildman–Crippen LogP) is 2.64. The molecule has 0 radical (unpaired) electrons. The number of halogens is 4. The Morgan fingerprint density at radius 2 is 2.05 bits per heavy atom. The molecule has 1 unspecified atom stereocenters. The number of benzene rings is 1. The first-order valence-corrected chi connectivity index (χ1v) is 7.11. The molecule has 1 atom stereocenters. The van der Waals surface area contributed by atoms with Crippen LogP contribution in [0.1, 0.15) is 30.4 Å². The highest BCUT2D eigenvalue weighted by Crippen LogP contribution is 2.49. The summed E-state index contributed by atoms with van der Waals surface area (Å²) in [6.07, 6.45) is -2.29. The van der Waals surface area contributed by atoms with E-state index >= 15 is 0 Å². The number of nitrogens with one attached hydrogen (secondary N) is 2. The lowest BCUT2D eigenvalue weighted by atomic mass is 9.93. The van der Waals surface area contributed by atoms with Crippen LogP contribution in [-0.2, 0) is 16.4 Å². The minimum Gasteiger partial charge on any atom is -0.351 e. The van der Waals surface area contributed by atoms with Crippen molar-refractivity contribution in [2.45, 2.75) is 36.9 Å². The van der Waals surface area contributed by atoms with E-state index in [2.05, 4.69) is 10.6 Å². The van der Waals surface area contributed by atoms with E-state index in [0.29, 0.717) is 18.4 Å². The minimum absolute atomic E-state index is 0. The van der Waals surface area contributed by atoms with Crippen molar-refractivity contribution in [3.63, 3.8) is 0 Å². The SMILES string of the molecule is Cl.O=C(NC1CCNC1)C1(c2cccc(C(F)(F)F)c2)CC1. The van der Waals surface area contributed by atoms with Crippen molar-refractivity contribution in [1.82, 2.24) is 10.6 Å². The quantitative estimate of drug-likeness (QED) is 0.892. The average molecular weight is 335 g/mol. The molecule has 1 aliphatic carbocycles. The Kier molecular flexibility index (Phi) is 4.73. The highest BCUT2D eigenvalue weighted by molar-refractivity contribution is 5.91. The van der Waals surface area contributed by atoms with E-state index in [1.807, 2.05) is 0 Å². The van der Waals surface area contributed by atoms with E-state index < -0.39 is 17.2 Å². The van der Waals surface area contributed by atoms with Crippen molar-refractivity contribution in [3.8, 4) is 0 Å². The molecule has 3 rings (SSSR count). The van der Waals surface area contributed by atoms with Crippen LogP contribution in [0.2, 0.25) is 0 Å². The fourth-order valence-electron chi connectivity index (χ4n) is 2.87. The summed E-state index contributed by atoms with van der Waals surface area (Å²) >= 11 is 0. The van der Waals surface area contributed by atoms with E-state index in [1.165, 1.54) is 6.07 Å². The predicted molar refractivity (Wildman–Crippen MR) is 79.0 cm³/mol. The first-order valence-electron chi connectivity index (χ1n) is 7.11. The van der Waals surface area contributed by atoms with Gasteiger partial charge >= 0.3 is 6.18 Å². The monoisotopic (exact) mass is 334 g/mol. The van der Waals surface area contributed by atoms with Gasteiger partial charge < -0.3 is 10.6 Å². The van der Waals surface area contributed by atoms with Crippen LogP contribution in [0.25, 0.3) is 0 Å². The van der Waals surface area contributed by atoms with Crippen molar-refractivity contribution in [2.75, 3.05) is 13.1 Å². The zero-order valence-electron chi connectivity index (χ0n) is 11.9. The largest absolute Gasteiger partial charge is 0.416 e. The third-order valence-electron chi connectivity index (χ3n) is 4.32. The normalized spacial score (nSPS) is 22.8. The fourth-order valence-corrected chi connectivity index (χ4v) is 2.87. The van der Waals surface area contributed by atoms with Crippen molar-refractivity contribution in [3.05, 3.63) is 35.4 Å². The Bertz CT molecular complexity index is 552. The standard InChI is InChI=1S/C15H17F3N2O.ClH/c16-15(17,18)11-3-1-2-10(8-11)14(5-6-14)13(21)20-12-4-7-19-9-12;/h1-3,8,12,19H,4-7,9H2,(H,20,21);1H. The molecule has 1 aromatic carbocycles. The Balaban J connectivity index is 0.00000176. The second-order valence-electron chi connectivity index (χ2n) is 5.82. The molecule has 1 aliphatic heterocycles. The highest BCUT2D eigenvalue weighted by atomic mass is 35.5. The van der Waals surface area contributed by atoms with Gasteiger partial charge in [-0.1, -0.05) is 18.2 Å². The van der Waals surface area contributed by atoms with Crippen molar-refractivity contribution in [2.24, 2.45) is 0 Å². The molecule has 7 heteroatoms. The number of amides is 1. The zero-order valence-corrected chi connectivity index (χ0v) is 12.7. The summed E-state index contributed by atoms with van der Waals surface area (Å²) in [7, 11) is 0. The molecule has 1 saturated carbocycles. The third-order valence-corrected chi connectivity index (χ3v) is 4.32. The maximum absolute atomic E-state index is 12.8. The van der Waals surface area contributed by atoms with Gasteiger partial charge in [-0.15, -0.1) is 12.4 Å². The van der Waals surface area contributed by atoms with Crippen molar-refractivity contribution < 1.29 is 18.0 Å². The van der Waals surface area contributed by atoms with Gasteiger partial charge in [0.25, 0.3) is 0 Å². The molecule has 22 heavy (non-hydrogen) atoms. The maximum Gasteiger partial charge on any atom is 0.416 e. The molecule has 2 N–H and O–H groups in total. The van der Waals surface area contributed by atoms with Crippen LogP contribution >= 0.6 is 12.4 Å². The molecule has 3 nitrogen and oxygen atoms in total. The first-order chi connectivity index (χ1) is 9.92. The van der Waals surface area contributed by atoms with E-state index in [-0.39, 0.29) is 24.4 Å². The molecule has 1 saturated heterocycles. The van der Waals surface area contributed by atoms with E-state index in [9.17, 15) is 18.0 Å². The van der Waals surface area contributed by atoms with Crippen LogP contribution < -0.4 is 10.6 Å². The molecule has 2 fully saturated rings. The van der Waals surface area contributed by atoms with Gasteiger partial charge in [0.1, 0.15) is 0 Å². The number of carbonyl (C=O) groups is 1. The molecule has 0 spiro atoms. The van der Waals surface area contributed by atoms with E-state index in [1.54, 1.807) is 6.07 Å². The topological polar surface area (TPSA) is 41.1 Å². The fraction of sp³-hybridized carbons (Fsp3) is 0.533. The Labute approximate surface area is 133 Å². The van der Waals surface area contributed by atoms with Crippen LogP contribution in [0.5, 0.6) is 0 Å². The van der Waals surface area contributed by atoms with Gasteiger partial charge in [-0.05, 0) is 37.4 Å². The van der Waals surface area contributed by atoms with Gasteiger partial charge in [0.05, 0.1) is 11.0 Å². The van der Waals surface area contributed by atoms with Crippen LogP contribution in [0.3, 0.4) is 0 Å². The van der Waals surface area contributed by atoms with Crippen molar-refractivity contribution in [1.29, 1.82) is 0 Å². The summed E-state index contributed by atoms with van der Waals surface area (Å²) in [5.74, 6) is -0.143. The molecule has 1 amide bonds. The van der Waals surface area contributed by atoms with Gasteiger partial charge in [0.2, 0.25) is 5.91 Å². The summed E-state index contributed by atoms with van der Waals surface area (Å²) in [6, 6.07) is 5.23. The van der Waals surface area contributed by atoms with Gasteiger partial charge in [0, 0.05) is 12.6 Å². The lowest BCUT2D eigenvalue weighted by Gasteiger charge is -2.20. The first kappa shape index (κ1) is 17.1. The van der Waals surface area contributed by atoms with Gasteiger partial charge in [-0.2, -0.15) is 13.2 Å². The molecule has 2 aliphatic rings.